The van der Waals surface area contributed by atoms with E-state index in [0.717, 1.165) is 36.5 Å². The molecule has 140 valence electrons. The van der Waals surface area contributed by atoms with E-state index < -0.39 is 0 Å². The Labute approximate surface area is 160 Å². The molecule has 3 aromatic rings. The zero-order valence-electron chi connectivity index (χ0n) is 15.8. The third-order valence-electron chi connectivity index (χ3n) is 4.55. The van der Waals surface area contributed by atoms with Crippen molar-refractivity contribution >= 4 is 5.91 Å². The highest BCUT2D eigenvalue weighted by atomic mass is 16.5. The second-order valence-electron chi connectivity index (χ2n) is 6.51. The number of carbonyl (C=O) groups excluding carboxylic acids is 1. The zero-order chi connectivity index (χ0) is 19.1. The van der Waals surface area contributed by atoms with E-state index in [1.807, 2.05) is 55.6 Å². The van der Waals surface area contributed by atoms with Gasteiger partial charge < -0.3 is 14.6 Å². The van der Waals surface area contributed by atoms with Crippen LogP contribution in [0.1, 0.15) is 33.7 Å². The van der Waals surface area contributed by atoms with Gasteiger partial charge >= 0.3 is 0 Å². The smallest absolute Gasteiger partial charge is 0.251 e. The molecule has 0 aliphatic rings. The van der Waals surface area contributed by atoms with Gasteiger partial charge in [0.2, 0.25) is 0 Å². The van der Waals surface area contributed by atoms with Crippen LogP contribution in [-0.2, 0) is 13.0 Å². The maximum atomic E-state index is 12.3. The Hall–Kier alpha value is -3.08. The quantitative estimate of drug-likeness (QED) is 0.622. The number of rotatable bonds is 8. The van der Waals surface area contributed by atoms with Crippen LogP contribution in [0.2, 0.25) is 0 Å². The van der Waals surface area contributed by atoms with E-state index >= 15 is 0 Å². The molecule has 0 unspecified atom stereocenters. The lowest BCUT2D eigenvalue weighted by Crippen LogP contribution is -2.24. The van der Waals surface area contributed by atoms with Crippen LogP contribution in [-0.4, -0.2) is 29.1 Å². The molecular weight excluding hydrogens is 338 g/mol. The van der Waals surface area contributed by atoms with Crippen molar-refractivity contribution in [3.63, 3.8) is 0 Å². The Morgan fingerprint density at radius 1 is 1.15 bits per heavy atom. The summed E-state index contributed by atoms with van der Waals surface area (Å²) >= 11 is 0. The molecule has 2 aromatic carbocycles. The molecule has 1 amide bonds. The Balaban J connectivity index is 1.46. The number of amides is 1. The fourth-order valence-electron chi connectivity index (χ4n) is 2.95. The van der Waals surface area contributed by atoms with E-state index in [1.54, 1.807) is 13.3 Å². The fraction of sp³-hybridized carbons (Fsp3) is 0.273. The number of aromatic nitrogens is 2. The van der Waals surface area contributed by atoms with Gasteiger partial charge in [-0.05, 0) is 55.2 Å². The highest BCUT2D eigenvalue weighted by Gasteiger charge is 2.06. The number of aryl methyl sites for hydroxylation is 2. The number of carbonyl (C=O) groups is 1. The number of hydrogen-bond acceptors (Lipinski definition) is 3. The summed E-state index contributed by atoms with van der Waals surface area (Å²) in [5.74, 6) is 1.81. The molecule has 1 heterocycles. The van der Waals surface area contributed by atoms with Crippen molar-refractivity contribution in [1.82, 2.24) is 14.9 Å². The third-order valence-corrected chi connectivity index (χ3v) is 4.55. The first-order valence-electron chi connectivity index (χ1n) is 9.13. The predicted molar refractivity (Wildman–Crippen MR) is 106 cm³/mol. The molecule has 27 heavy (non-hydrogen) atoms. The monoisotopic (exact) mass is 363 g/mol. The number of benzene rings is 2. The SMILES string of the molecule is COc1cccc(CCCNC(=O)c2ccc(Cn3ccnc3C)cc2)c1. The van der Waals surface area contributed by atoms with Crippen LogP contribution in [0.25, 0.3) is 0 Å². The van der Waals surface area contributed by atoms with Gasteiger partial charge in [0.05, 0.1) is 7.11 Å². The van der Waals surface area contributed by atoms with Crippen molar-refractivity contribution in [2.24, 2.45) is 0 Å². The summed E-state index contributed by atoms with van der Waals surface area (Å²) in [6, 6.07) is 15.8. The van der Waals surface area contributed by atoms with E-state index in [9.17, 15) is 4.79 Å². The molecule has 0 radical (unpaired) electrons. The standard InChI is InChI=1S/C22H25N3O2/c1-17-23-13-14-25(17)16-19-8-10-20(11-9-19)22(26)24-12-4-6-18-5-3-7-21(15-18)27-2/h3,5,7-11,13-15H,4,6,12,16H2,1-2H3,(H,24,26). The van der Waals surface area contributed by atoms with Crippen LogP contribution in [0.15, 0.2) is 60.9 Å². The van der Waals surface area contributed by atoms with E-state index in [2.05, 4.69) is 20.9 Å². The largest absolute Gasteiger partial charge is 0.497 e. The molecule has 0 aliphatic heterocycles. The molecule has 0 aliphatic carbocycles. The van der Waals surface area contributed by atoms with Crippen molar-refractivity contribution in [3.8, 4) is 5.75 Å². The van der Waals surface area contributed by atoms with Gasteiger partial charge in [-0.1, -0.05) is 24.3 Å². The highest BCUT2D eigenvalue weighted by molar-refractivity contribution is 5.94. The van der Waals surface area contributed by atoms with Gasteiger partial charge in [0.15, 0.2) is 0 Å². The number of imidazole rings is 1. The fourth-order valence-corrected chi connectivity index (χ4v) is 2.95. The molecular formula is C22H25N3O2. The summed E-state index contributed by atoms with van der Waals surface area (Å²) in [5.41, 5.74) is 3.04. The van der Waals surface area contributed by atoms with Crippen LogP contribution < -0.4 is 10.1 Å². The van der Waals surface area contributed by atoms with Crippen molar-refractivity contribution in [2.45, 2.75) is 26.3 Å². The van der Waals surface area contributed by atoms with Gasteiger partial charge in [0.1, 0.15) is 11.6 Å². The first-order chi connectivity index (χ1) is 13.2. The second kappa shape index (κ2) is 9.03. The minimum atomic E-state index is -0.0361. The normalized spacial score (nSPS) is 10.6. The molecule has 0 fully saturated rings. The Bertz CT molecular complexity index is 885. The number of nitrogens with zero attached hydrogens (tertiary/aromatic N) is 2. The molecule has 1 N–H and O–H groups in total. The van der Waals surface area contributed by atoms with Crippen molar-refractivity contribution in [3.05, 3.63) is 83.4 Å². The van der Waals surface area contributed by atoms with Crippen LogP contribution in [0.5, 0.6) is 5.75 Å². The molecule has 0 saturated heterocycles. The average Bonchev–Trinajstić information content (AvgIpc) is 3.10. The van der Waals surface area contributed by atoms with Gasteiger partial charge in [0, 0.05) is 31.0 Å². The molecule has 0 bridgehead atoms. The topological polar surface area (TPSA) is 56.1 Å². The molecule has 0 atom stereocenters. The van der Waals surface area contributed by atoms with Gasteiger partial charge in [-0.3, -0.25) is 4.79 Å². The summed E-state index contributed by atoms with van der Waals surface area (Å²) in [4.78, 5) is 16.5. The number of ether oxygens (including phenoxy) is 1. The van der Waals surface area contributed by atoms with Crippen LogP contribution >= 0.6 is 0 Å². The maximum absolute atomic E-state index is 12.3. The molecule has 0 saturated carbocycles. The van der Waals surface area contributed by atoms with Crippen LogP contribution in [0.4, 0.5) is 0 Å². The number of methoxy groups -OCH3 is 1. The summed E-state index contributed by atoms with van der Waals surface area (Å²) in [6.45, 7) is 3.38. The van der Waals surface area contributed by atoms with E-state index in [-0.39, 0.29) is 5.91 Å². The molecule has 5 nitrogen and oxygen atoms in total. The van der Waals surface area contributed by atoms with E-state index in [1.165, 1.54) is 5.56 Å². The van der Waals surface area contributed by atoms with Crippen LogP contribution in [0, 0.1) is 6.92 Å². The van der Waals surface area contributed by atoms with Crippen molar-refractivity contribution in [2.75, 3.05) is 13.7 Å². The maximum Gasteiger partial charge on any atom is 0.251 e. The lowest BCUT2D eigenvalue weighted by molar-refractivity contribution is 0.0953. The summed E-state index contributed by atoms with van der Waals surface area (Å²) in [6.07, 6.45) is 5.54. The van der Waals surface area contributed by atoms with Gasteiger partial charge in [-0.15, -0.1) is 0 Å². The van der Waals surface area contributed by atoms with E-state index in [0.29, 0.717) is 12.1 Å². The minimum Gasteiger partial charge on any atom is -0.497 e. The predicted octanol–water partition coefficient (Wildman–Crippen LogP) is 3.61. The lowest BCUT2D eigenvalue weighted by atomic mass is 10.1. The summed E-state index contributed by atoms with van der Waals surface area (Å²) in [5, 5.41) is 2.99. The van der Waals surface area contributed by atoms with Gasteiger partial charge in [0.25, 0.3) is 5.91 Å². The minimum absolute atomic E-state index is 0.0361. The van der Waals surface area contributed by atoms with Crippen molar-refractivity contribution < 1.29 is 9.53 Å². The summed E-state index contributed by atoms with van der Waals surface area (Å²) in [7, 11) is 1.67. The first-order valence-corrected chi connectivity index (χ1v) is 9.13. The number of hydrogen-bond donors (Lipinski definition) is 1. The molecule has 3 rings (SSSR count). The Morgan fingerprint density at radius 2 is 1.96 bits per heavy atom. The van der Waals surface area contributed by atoms with E-state index in [4.69, 9.17) is 4.74 Å². The number of nitrogens with one attached hydrogen (secondary N) is 1. The molecule has 1 aromatic heterocycles. The Morgan fingerprint density at radius 3 is 2.67 bits per heavy atom. The first kappa shape index (κ1) is 18.7. The van der Waals surface area contributed by atoms with Crippen molar-refractivity contribution in [1.29, 1.82) is 0 Å². The third kappa shape index (κ3) is 5.20. The Kier molecular flexibility index (Phi) is 6.26. The van der Waals surface area contributed by atoms with Gasteiger partial charge in [-0.25, -0.2) is 4.98 Å². The van der Waals surface area contributed by atoms with Gasteiger partial charge in [-0.2, -0.15) is 0 Å². The molecule has 0 spiro atoms. The summed E-state index contributed by atoms with van der Waals surface area (Å²) < 4.78 is 7.31. The molecule has 5 heteroatoms. The zero-order valence-corrected chi connectivity index (χ0v) is 15.8. The van der Waals surface area contributed by atoms with Crippen LogP contribution in [0.3, 0.4) is 0 Å². The average molecular weight is 363 g/mol. The highest BCUT2D eigenvalue weighted by Crippen LogP contribution is 2.13. The lowest BCUT2D eigenvalue weighted by Gasteiger charge is -2.08. The second-order valence-corrected chi connectivity index (χ2v) is 6.51.